The highest BCUT2D eigenvalue weighted by atomic mass is 35.5. The summed E-state index contributed by atoms with van der Waals surface area (Å²) in [6.45, 7) is 0.498. The number of carbonyl (C=O) groups is 2. The third-order valence-electron chi connectivity index (χ3n) is 3.37. The lowest BCUT2D eigenvalue weighted by Crippen LogP contribution is -2.48. The number of rotatable bonds is 2. The van der Waals surface area contributed by atoms with E-state index < -0.39 is 12.0 Å². The smallest absolute Gasteiger partial charge is 0.328 e. The number of ether oxygens (including phenoxy) is 1. The SMILES string of the molecule is COC(=O)C1CCCCN1C(=O)c1cc(Cl)ncc1N. The molecule has 0 radical (unpaired) electrons. The number of piperidine rings is 1. The fourth-order valence-electron chi connectivity index (χ4n) is 2.34. The van der Waals surface area contributed by atoms with Crippen molar-refractivity contribution in [3.05, 3.63) is 23.0 Å². The van der Waals surface area contributed by atoms with Gasteiger partial charge in [0.25, 0.3) is 5.91 Å². The van der Waals surface area contributed by atoms with E-state index in [0.717, 1.165) is 12.8 Å². The van der Waals surface area contributed by atoms with Crippen molar-refractivity contribution in [2.75, 3.05) is 19.4 Å². The highest BCUT2D eigenvalue weighted by Gasteiger charge is 2.34. The summed E-state index contributed by atoms with van der Waals surface area (Å²) in [6.07, 6.45) is 3.66. The highest BCUT2D eigenvalue weighted by molar-refractivity contribution is 6.29. The van der Waals surface area contributed by atoms with Crippen molar-refractivity contribution in [3.8, 4) is 0 Å². The Balaban J connectivity index is 2.30. The lowest BCUT2D eigenvalue weighted by atomic mass is 10.0. The van der Waals surface area contributed by atoms with E-state index in [-0.39, 0.29) is 22.3 Å². The molecular formula is C13H16ClN3O3. The monoisotopic (exact) mass is 297 g/mol. The van der Waals surface area contributed by atoms with Crippen molar-refractivity contribution < 1.29 is 14.3 Å². The van der Waals surface area contributed by atoms with Gasteiger partial charge < -0.3 is 15.4 Å². The molecule has 1 amide bonds. The topological polar surface area (TPSA) is 85.5 Å². The Hall–Kier alpha value is -1.82. The summed E-state index contributed by atoms with van der Waals surface area (Å²) in [5.41, 5.74) is 6.27. The first-order valence-corrected chi connectivity index (χ1v) is 6.72. The molecule has 2 rings (SSSR count). The fraction of sp³-hybridized carbons (Fsp3) is 0.462. The Morgan fingerprint density at radius 2 is 2.25 bits per heavy atom. The van der Waals surface area contributed by atoms with Gasteiger partial charge in [0.05, 0.1) is 24.6 Å². The highest BCUT2D eigenvalue weighted by Crippen LogP contribution is 2.23. The van der Waals surface area contributed by atoms with E-state index >= 15 is 0 Å². The van der Waals surface area contributed by atoms with E-state index in [4.69, 9.17) is 22.1 Å². The second-order valence-corrected chi connectivity index (χ2v) is 5.01. The molecule has 6 nitrogen and oxygen atoms in total. The summed E-state index contributed by atoms with van der Waals surface area (Å²) in [4.78, 5) is 29.6. The van der Waals surface area contributed by atoms with Gasteiger partial charge in [0.1, 0.15) is 11.2 Å². The Kier molecular flexibility index (Phi) is 4.44. The number of nitrogen functional groups attached to an aromatic ring is 1. The van der Waals surface area contributed by atoms with Crippen LogP contribution in [0.5, 0.6) is 0 Å². The zero-order chi connectivity index (χ0) is 14.7. The molecule has 108 valence electrons. The number of hydrogen-bond acceptors (Lipinski definition) is 5. The minimum Gasteiger partial charge on any atom is -0.467 e. The summed E-state index contributed by atoms with van der Waals surface area (Å²) in [5.74, 6) is -0.723. The van der Waals surface area contributed by atoms with Crippen LogP contribution in [0.15, 0.2) is 12.3 Å². The molecule has 1 fully saturated rings. The van der Waals surface area contributed by atoms with E-state index in [2.05, 4.69) is 4.98 Å². The number of esters is 1. The van der Waals surface area contributed by atoms with Crippen molar-refractivity contribution in [1.29, 1.82) is 0 Å². The number of anilines is 1. The van der Waals surface area contributed by atoms with Gasteiger partial charge in [-0.25, -0.2) is 9.78 Å². The Morgan fingerprint density at radius 3 is 2.95 bits per heavy atom. The van der Waals surface area contributed by atoms with Crippen LogP contribution < -0.4 is 5.73 Å². The van der Waals surface area contributed by atoms with Gasteiger partial charge in [-0.1, -0.05) is 11.6 Å². The number of methoxy groups -OCH3 is 1. The van der Waals surface area contributed by atoms with E-state index in [0.29, 0.717) is 13.0 Å². The van der Waals surface area contributed by atoms with Crippen LogP contribution in [-0.2, 0) is 9.53 Å². The summed E-state index contributed by atoms with van der Waals surface area (Å²) >= 11 is 5.80. The molecule has 0 saturated carbocycles. The third-order valence-corrected chi connectivity index (χ3v) is 3.58. The molecule has 1 unspecified atom stereocenters. The normalized spacial score (nSPS) is 18.7. The van der Waals surface area contributed by atoms with E-state index in [1.54, 1.807) is 0 Å². The predicted molar refractivity (Wildman–Crippen MR) is 74.4 cm³/mol. The van der Waals surface area contributed by atoms with Crippen molar-refractivity contribution in [2.24, 2.45) is 0 Å². The molecule has 0 spiro atoms. The summed E-state index contributed by atoms with van der Waals surface area (Å²) < 4.78 is 4.76. The second-order valence-electron chi connectivity index (χ2n) is 4.63. The van der Waals surface area contributed by atoms with Gasteiger partial charge in [-0.05, 0) is 25.3 Å². The van der Waals surface area contributed by atoms with Gasteiger partial charge in [-0.15, -0.1) is 0 Å². The molecule has 1 aromatic heterocycles. The van der Waals surface area contributed by atoms with Crippen LogP contribution in [0.25, 0.3) is 0 Å². The maximum atomic E-state index is 12.6. The Labute approximate surface area is 121 Å². The maximum Gasteiger partial charge on any atom is 0.328 e. The number of nitrogens with zero attached hydrogens (tertiary/aromatic N) is 2. The summed E-state index contributed by atoms with van der Waals surface area (Å²) in [6, 6.07) is 0.856. The zero-order valence-corrected chi connectivity index (χ0v) is 11.9. The predicted octanol–water partition coefficient (Wildman–Crippen LogP) is 1.48. The summed E-state index contributed by atoms with van der Waals surface area (Å²) in [7, 11) is 1.32. The first-order chi connectivity index (χ1) is 9.54. The largest absolute Gasteiger partial charge is 0.467 e. The Morgan fingerprint density at radius 1 is 1.50 bits per heavy atom. The van der Waals surface area contributed by atoms with E-state index in [9.17, 15) is 9.59 Å². The van der Waals surface area contributed by atoms with E-state index in [1.807, 2.05) is 0 Å². The van der Waals surface area contributed by atoms with Gasteiger partial charge in [-0.3, -0.25) is 4.79 Å². The van der Waals surface area contributed by atoms with Gasteiger partial charge >= 0.3 is 5.97 Å². The first-order valence-electron chi connectivity index (χ1n) is 6.34. The van der Waals surface area contributed by atoms with Crippen LogP contribution in [0.2, 0.25) is 5.15 Å². The molecule has 1 atom stereocenters. The van der Waals surface area contributed by atoms with Crippen LogP contribution in [0.3, 0.4) is 0 Å². The van der Waals surface area contributed by atoms with Crippen LogP contribution >= 0.6 is 11.6 Å². The van der Waals surface area contributed by atoms with Crippen molar-refractivity contribution >= 4 is 29.2 Å². The lowest BCUT2D eigenvalue weighted by Gasteiger charge is -2.34. The molecule has 2 N–H and O–H groups in total. The minimum atomic E-state index is -0.562. The number of pyridine rings is 1. The standard InChI is InChI=1S/C13H16ClN3O3/c1-20-13(19)10-4-2-3-5-17(10)12(18)8-6-11(14)16-7-9(8)15/h6-7,10H,2-5,15H2,1H3. The van der Waals surface area contributed by atoms with Gasteiger partial charge in [0.2, 0.25) is 0 Å². The molecule has 0 bridgehead atoms. The number of amides is 1. The molecule has 1 saturated heterocycles. The minimum absolute atomic E-state index is 0.189. The molecule has 1 aromatic rings. The van der Waals surface area contributed by atoms with Gasteiger partial charge in [0.15, 0.2) is 0 Å². The average molecular weight is 298 g/mol. The third kappa shape index (κ3) is 2.85. The van der Waals surface area contributed by atoms with E-state index in [1.165, 1.54) is 24.3 Å². The fourth-order valence-corrected chi connectivity index (χ4v) is 2.49. The van der Waals surface area contributed by atoms with Gasteiger partial charge in [0, 0.05) is 6.54 Å². The number of aromatic nitrogens is 1. The van der Waals surface area contributed by atoms with Crippen LogP contribution in [0.4, 0.5) is 5.69 Å². The second kappa shape index (κ2) is 6.09. The first kappa shape index (κ1) is 14.6. The molecule has 2 heterocycles. The number of likely N-dealkylation sites (tertiary alicyclic amines) is 1. The van der Waals surface area contributed by atoms with Crippen LogP contribution in [-0.4, -0.2) is 41.5 Å². The van der Waals surface area contributed by atoms with Crippen molar-refractivity contribution in [3.63, 3.8) is 0 Å². The maximum absolute atomic E-state index is 12.6. The van der Waals surface area contributed by atoms with Crippen molar-refractivity contribution in [1.82, 2.24) is 9.88 Å². The summed E-state index contributed by atoms with van der Waals surface area (Å²) in [5, 5.41) is 0.189. The zero-order valence-electron chi connectivity index (χ0n) is 11.1. The molecule has 1 aliphatic heterocycles. The van der Waals surface area contributed by atoms with Crippen molar-refractivity contribution in [2.45, 2.75) is 25.3 Å². The van der Waals surface area contributed by atoms with Crippen LogP contribution in [0, 0.1) is 0 Å². The lowest BCUT2D eigenvalue weighted by molar-refractivity contribution is -0.147. The molecular weight excluding hydrogens is 282 g/mol. The number of nitrogens with two attached hydrogens (primary N) is 1. The quantitative estimate of drug-likeness (QED) is 0.660. The van der Waals surface area contributed by atoms with Crippen LogP contribution in [0.1, 0.15) is 29.6 Å². The molecule has 0 aromatic carbocycles. The number of hydrogen-bond donors (Lipinski definition) is 1. The van der Waals surface area contributed by atoms with Gasteiger partial charge in [-0.2, -0.15) is 0 Å². The number of halogens is 1. The average Bonchev–Trinajstić information content (AvgIpc) is 2.48. The molecule has 20 heavy (non-hydrogen) atoms. The molecule has 1 aliphatic rings. The number of carbonyl (C=O) groups excluding carboxylic acids is 2. The molecule has 7 heteroatoms. The Bertz CT molecular complexity index is 536. The molecule has 0 aliphatic carbocycles.